The van der Waals surface area contributed by atoms with Crippen molar-refractivity contribution >= 4 is 0 Å². The summed E-state index contributed by atoms with van der Waals surface area (Å²) >= 11 is 0. The normalized spacial score (nSPS) is 7.93. The molecule has 0 unspecified atom stereocenters. The summed E-state index contributed by atoms with van der Waals surface area (Å²) in [5.74, 6) is 5.31. The second-order valence-corrected chi connectivity index (χ2v) is 2.19. The molecule has 0 aliphatic heterocycles. The van der Waals surface area contributed by atoms with Crippen molar-refractivity contribution in [2.24, 2.45) is 0 Å². The SMILES string of the molecule is C=CC[n+]1cn(N)cn1.N#CN[N+](=O)[O-]. The van der Waals surface area contributed by atoms with E-state index in [4.69, 9.17) is 21.2 Å². The van der Waals surface area contributed by atoms with Crippen LogP contribution >= 0.6 is 0 Å². The Morgan fingerprint density at radius 2 is 2.60 bits per heavy atom. The van der Waals surface area contributed by atoms with Crippen LogP contribution in [-0.4, -0.2) is 14.8 Å². The fourth-order valence-electron chi connectivity index (χ4n) is 0.607. The number of nitrogens with zero attached hydrogens (tertiary/aromatic N) is 5. The van der Waals surface area contributed by atoms with Gasteiger partial charge in [-0.2, -0.15) is 5.26 Å². The van der Waals surface area contributed by atoms with Gasteiger partial charge in [0.05, 0.1) is 0 Å². The Morgan fingerprint density at radius 1 is 1.93 bits per heavy atom. The van der Waals surface area contributed by atoms with Gasteiger partial charge in [-0.1, -0.05) is 6.58 Å². The zero-order chi connectivity index (χ0) is 11.7. The highest BCUT2D eigenvalue weighted by molar-refractivity contribution is 4.58. The number of rotatable bonds is 3. The maximum atomic E-state index is 9.07. The van der Waals surface area contributed by atoms with E-state index in [1.165, 1.54) is 16.4 Å². The average Bonchev–Trinajstić information content (AvgIpc) is 2.53. The Balaban J connectivity index is 0.000000288. The lowest BCUT2D eigenvalue weighted by atomic mass is 10.6. The van der Waals surface area contributed by atoms with Gasteiger partial charge in [-0.25, -0.2) is 10.1 Å². The van der Waals surface area contributed by atoms with Gasteiger partial charge < -0.3 is 0 Å². The number of nitrogens with one attached hydrogen (secondary N) is 1. The summed E-state index contributed by atoms with van der Waals surface area (Å²) in [4.78, 5) is 9.07. The summed E-state index contributed by atoms with van der Waals surface area (Å²) in [6.07, 6.45) is 6.09. The minimum Gasteiger partial charge on any atom is -0.268 e. The largest absolute Gasteiger partial charge is 0.289 e. The molecule has 1 heterocycles. The smallest absolute Gasteiger partial charge is 0.268 e. The summed E-state index contributed by atoms with van der Waals surface area (Å²) < 4.78 is 3.08. The van der Waals surface area contributed by atoms with Gasteiger partial charge in [-0.15, -0.1) is 9.36 Å². The number of hydrogen-bond acceptors (Lipinski definition) is 5. The molecule has 80 valence electrons. The Morgan fingerprint density at radius 3 is 2.87 bits per heavy atom. The minimum absolute atomic E-state index is 0.699. The first-order chi connectivity index (χ1) is 7.10. The highest BCUT2D eigenvalue weighted by atomic mass is 16.7. The molecule has 15 heavy (non-hydrogen) atoms. The van der Waals surface area contributed by atoms with Crippen LogP contribution in [0.1, 0.15) is 0 Å². The number of hydrazine groups is 1. The molecule has 0 aliphatic rings. The predicted molar refractivity (Wildman–Crippen MR) is 48.5 cm³/mol. The molecule has 0 aliphatic carbocycles. The molecule has 9 heteroatoms. The first-order valence-corrected chi connectivity index (χ1v) is 3.69. The summed E-state index contributed by atoms with van der Waals surface area (Å²) in [6, 6.07) is 0. The predicted octanol–water partition coefficient (Wildman–Crippen LogP) is -1.68. The van der Waals surface area contributed by atoms with Crippen LogP contribution in [0.4, 0.5) is 0 Å². The van der Waals surface area contributed by atoms with E-state index in [2.05, 4.69) is 11.7 Å². The van der Waals surface area contributed by atoms with Crippen molar-refractivity contribution in [1.29, 1.82) is 5.26 Å². The summed E-state index contributed by atoms with van der Waals surface area (Å²) in [5.41, 5.74) is 1.24. The van der Waals surface area contributed by atoms with E-state index in [0.717, 1.165) is 6.19 Å². The molecule has 9 nitrogen and oxygen atoms in total. The monoisotopic (exact) mass is 212 g/mol. The highest BCUT2D eigenvalue weighted by Crippen LogP contribution is 1.67. The van der Waals surface area contributed by atoms with Crippen molar-refractivity contribution in [1.82, 2.24) is 15.2 Å². The van der Waals surface area contributed by atoms with Gasteiger partial charge in [0.15, 0.2) is 5.03 Å². The number of nitrogen functional groups attached to an aromatic ring is 1. The van der Waals surface area contributed by atoms with E-state index in [1.807, 2.05) is 0 Å². The van der Waals surface area contributed by atoms with Gasteiger partial charge in [-0.05, 0) is 16.6 Å². The Labute approximate surface area is 85.1 Å². The van der Waals surface area contributed by atoms with Crippen LogP contribution in [0.15, 0.2) is 25.3 Å². The Hall–Kier alpha value is -2.63. The molecule has 0 aromatic carbocycles. The van der Waals surface area contributed by atoms with Crippen LogP contribution in [-0.2, 0) is 6.54 Å². The topological polar surface area (TPSA) is 127 Å². The van der Waals surface area contributed by atoms with Crippen LogP contribution in [0, 0.1) is 21.6 Å². The van der Waals surface area contributed by atoms with E-state index in [9.17, 15) is 0 Å². The number of nitrogens with two attached hydrogens (primary N) is 1. The molecular formula is C6H10N7O2+. The highest BCUT2D eigenvalue weighted by Gasteiger charge is 1.96. The van der Waals surface area contributed by atoms with E-state index in [1.54, 1.807) is 17.1 Å². The van der Waals surface area contributed by atoms with Gasteiger partial charge in [0.2, 0.25) is 12.5 Å². The first-order valence-electron chi connectivity index (χ1n) is 3.69. The van der Waals surface area contributed by atoms with Crippen LogP contribution in [0.2, 0.25) is 0 Å². The number of allylic oxidation sites excluding steroid dienone is 1. The maximum absolute atomic E-state index is 9.07. The quantitative estimate of drug-likeness (QED) is 0.117. The fourth-order valence-corrected chi connectivity index (χ4v) is 0.607. The van der Waals surface area contributed by atoms with Crippen molar-refractivity contribution in [2.45, 2.75) is 6.54 Å². The molecule has 0 saturated heterocycles. The van der Waals surface area contributed by atoms with Gasteiger partial charge in [0.25, 0.3) is 6.33 Å². The van der Waals surface area contributed by atoms with E-state index >= 15 is 0 Å². The fraction of sp³-hybridized carbons (Fsp3) is 0.167. The molecule has 0 bridgehead atoms. The van der Waals surface area contributed by atoms with Crippen molar-refractivity contribution in [3.8, 4) is 6.19 Å². The summed E-state index contributed by atoms with van der Waals surface area (Å²) in [7, 11) is 0. The maximum Gasteiger partial charge on any atom is 0.289 e. The molecular weight excluding hydrogens is 202 g/mol. The lowest BCUT2D eigenvalue weighted by Crippen LogP contribution is -2.34. The van der Waals surface area contributed by atoms with E-state index in [0.29, 0.717) is 6.54 Å². The third kappa shape index (κ3) is 6.52. The van der Waals surface area contributed by atoms with Gasteiger partial charge in [0, 0.05) is 0 Å². The lowest BCUT2D eigenvalue weighted by molar-refractivity contribution is -0.742. The van der Waals surface area contributed by atoms with Crippen LogP contribution in [0.5, 0.6) is 0 Å². The second-order valence-electron chi connectivity index (χ2n) is 2.19. The molecule has 0 atom stereocenters. The molecule has 1 aromatic rings. The molecule has 0 saturated carbocycles. The number of aromatic nitrogens is 3. The lowest BCUT2D eigenvalue weighted by Gasteiger charge is -1.79. The molecule has 1 aromatic heterocycles. The molecule has 3 N–H and O–H groups in total. The molecule has 0 fully saturated rings. The minimum atomic E-state index is -0.931. The third-order valence-corrected chi connectivity index (χ3v) is 1.06. The van der Waals surface area contributed by atoms with Gasteiger partial charge >= 0.3 is 0 Å². The summed E-state index contributed by atoms with van der Waals surface area (Å²) in [6.45, 7) is 4.25. The van der Waals surface area contributed by atoms with Crippen molar-refractivity contribution in [2.75, 3.05) is 5.84 Å². The molecule has 0 spiro atoms. The van der Waals surface area contributed by atoms with Crippen molar-refractivity contribution < 1.29 is 9.71 Å². The number of nitriles is 1. The van der Waals surface area contributed by atoms with Gasteiger partial charge in [0.1, 0.15) is 6.54 Å². The van der Waals surface area contributed by atoms with E-state index in [-0.39, 0.29) is 0 Å². The number of hydrogen-bond donors (Lipinski definition) is 2. The van der Waals surface area contributed by atoms with Crippen LogP contribution in [0.3, 0.4) is 0 Å². The average molecular weight is 212 g/mol. The Kier molecular flexibility index (Phi) is 5.64. The van der Waals surface area contributed by atoms with Crippen LogP contribution in [0.25, 0.3) is 0 Å². The molecule has 1 rings (SSSR count). The first kappa shape index (κ1) is 12.4. The third-order valence-electron chi connectivity index (χ3n) is 1.06. The second kappa shape index (κ2) is 6.84. The number of nitro groups is 1. The van der Waals surface area contributed by atoms with Crippen LogP contribution < -0.4 is 16.0 Å². The van der Waals surface area contributed by atoms with Crippen molar-refractivity contribution in [3.63, 3.8) is 0 Å². The van der Waals surface area contributed by atoms with E-state index < -0.39 is 5.03 Å². The Bertz CT molecular complexity index is 366. The standard InChI is InChI=1S/C5H9N4.CHN3O2/c1-2-3-9-5-8(6)4-7-9;2-1-3-4(5)6/h2,4-5H,1,3,6H2;3H/q+1;. The molecule has 0 radical (unpaired) electrons. The zero-order valence-corrected chi connectivity index (χ0v) is 7.78. The van der Waals surface area contributed by atoms with Crippen molar-refractivity contribution in [3.05, 3.63) is 35.4 Å². The molecule has 0 amide bonds. The summed E-state index contributed by atoms with van der Waals surface area (Å²) in [5, 5.41) is 19.5. The van der Waals surface area contributed by atoms with Gasteiger partial charge in [-0.3, -0.25) is 5.84 Å². The zero-order valence-electron chi connectivity index (χ0n) is 7.78.